The molecule has 0 aliphatic rings. The maximum atomic E-state index is 11.5. The van der Waals surface area contributed by atoms with Crippen molar-refractivity contribution in [2.75, 3.05) is 7.11 Å². The summed E-state index contributed by atoms with van der Waals surface area (Å²) >= 11 is 0. The maximum absolute atomic E-state index is 11.5. The Balaban J connectivity index is 4.10. The molecule has 1 unspecified atom stereocenters. The van der Waals surface area contributed by atoms with Gasteiger partial charge in [0, 0.05) is 6.04 Å². The smallest absolute Gasteiger partial charge is 0.323 e. The molecule has 0 aromatic heterocycles. The Morgan fingerprint density at radius 3 is 2.33 bits per heavy atom. The second kappa shape index (κ2) is 7.69. The predicted molar refractivity (Wildman–Crippen MR) is 62.8 cm³/mol. The van der Waals surface area contributed by atoms with E-state index in [2.05, 4.69) is 19.2 Å². The van der Waals surface area contributed by atoms with Gasteiger partial charge in [-0.3, -0.25) is 4.79 Å². The zero-order chi connectivity index (χ0) is 11.8. The van der Waals surface area contributed by atoms with Gasteiger partial charge in [-0.2, -0.15) is 0 Å². The minimum absolute atomic E-state index is 0.159. The van der Waals surface area contributed by atoms with E-state index in [-0.39, 0.29) is 17.9 Å². The molecule has 0 amide bonds. The number of nitrogens with one attached hydrogen (secondary N) is 1. The first kappa shape index (κ1) is 14.4. The Hall–Kier alpha value is -0.570. The van der Waals surface area contributed by atoms with Gasteiger partial charge < -0.3 is 10.1 Å². The van der Waals surface area contributed by atoms with Gasteiger partial charge in [0.2, 0.25) is 0 Å². The fraction of sp³-hybridized carbons (Fsp3) is 0.917. The molecule has 0 spiro atoms. The zero-order valence-corrected chi connectivity index (χ0v) is 10.7. The second-order valence-electron chi connectivity index (χ2n) is 4.45. The molecule has 15 heavy (non-hydrogen) atoms. The topological polar surface area (TPSA) is 38.3 Å². The highest BCUT2D eigenvalue weighted by molar-refractivity contribution is 5.75. The number of hydrogen-bond acceptors (Lipinski definition) is 3. The summed E-state index contributed by atoms with van der Waals surface area (Å²) in [4.78, 5) is 11.5. The lowest BCUT2D eigenvalue weighted by atomic mass is 10.0. The number of methoxy groups -OCH3 is 1. The monoisotopic (exact) mass is 215 g/mol. The third-order valence-corrected chi connectivity index (χ3v) is 2.58. The number of carbonyl (C=O) groups is 1. The van der Waals surface area contributed by atoms with Crippen molar-refractivity contribution in [1.29, 1.82) is 0 Å². The molecule has 1 N–H and O–H groups in total. The summed E-state index contributed by atoms with van der Waals surface area (Å²) in [6.45, 7) is 8.35. The molecule has 0 aliphatic heterocycles. The molecule has 2 atom stereocenters. The highest BCUT2D eigenvalue weighted by atomic mass is 16.5. The van der Waals surface area contributed by atoms with Crippen molar-refractivity contribution in [1.82, 2.24) is 5.32 Å². The van der Waals surface area contributed by atoms with Crippen LogP contribution in [0.15, 0.2) is 0 Å². The molecule has 0 aliphatic carbocycles. The Kier molecular flexibility index (Phi) is 7.39. The highest BCUT2D eigenvalue weighted by Gasteiger charge is 2.23. The van der Waals surface area contributed by atoms with Crippen LogP contribution < -0.4 is 5.32 Å². The number of esters is 1. The highest BCUT2D eigenvalue weighted by Crippen LogP contribution is 2.07. The molecule has 0 radical (unpaired) electrons. The van der Waals surface area contributed by atoms with Gasteiger partial charge in [0.15, 0.2) is 0 Å². The minimum Gasteiger partial charge on any atom is -0.468 e. The van der Waals surface area contributed by atoms with Crippen molar-refractivity contribution in [3.05, 3.63) is 0 Å². The average molecular weight is 215 g/mol. The van der Waals surface area contributed by atoms with Crippen LogP contribution in [-0.4, -0.2) is 25.2 Å². The molecular formula is C12H25NO2. The normalized spacial score (nSPS) is 15.1. The molecule has 3 heteroatoms. The molecular weight excluding hydrogens is 190 g/mol. The second-order valence-corrected chi connectivity index (χ2v) is 4.45. The van der Waals surface area contributed by atoms with Crippen LogP contribution in [0.1, 0.15) is 47.0 Å². The summed E-state index contributed by atoms with van der Waals surface area (Å²) in [5.41, 5.74) is 0. The first-order valence-corrected chi connectivity index (χ1v) is 5.86. The van der Waals surface area contributed by atoms with Gasteiger partial charge in [-0.1, -0.05) is 33.6 Å². The van der Waals surface area contributed by atoms with Gasteiger partial charge in [0.25, 0.3) is 0 Å². The van der Waals surface area contributed by atoms with E-state index in [4.69, 9.17) is 4.74 Å². The van der Waals surface area contributed by atoms with E-state index in [1.807, 2.05) is 13.8 Å². The van der Waals surface area contributed by atoms with Crippen LogP contribution in [0.25, 0.3) is 0 Å². The van der Waals surface area contributed by atoms with E-state index in [0.29, 0.717) is 6.04 Å². The number of rotatable bonds is 7. The van der Waals surface area contributed by atoms with Gasteiger partial charge in [-0.05, 0) is 19.3 Å². The van der Waals surface area contributed by atoms with Crippen LogP contribution in [0.3, 0.4) is 0 Å². The third kappa shape index (κ3) is 5.78. The lowest BCUT2D eigenvalue weighted by molar-refractivity contribution is -0.144. The SMILES string of the molecule is CCCCC(C)N[C@H](C(=O)OC)C(C)C. The van der Waals surface area contributed by atoms with E-state index in [1.165, 1.54) is 20.0 Å². The van der Waals surface area contributed by atoms with Crippen molar-refractivity contribution >= 4 is 5.97 Å². The molecule has 0 saturated heterocycles. The maximum Gasteiger partial charge on any atom is 0.323 e. The van der Waals surface area contributed by atoms with E-state index in [9.17, 15) is 4.79 Å². The molecule has 90 valence electrons. The summed E-state index contributed by atoms with van der Waals surface area (Å²) in [6, 6.07) is 0.193. The van der Waals surface area contributed by atoms with Crippen LogP contribution in [0.5, 0.6) is 0 Å². The third-order valence-electron chi connectivity index (χ3n) is 2.58. The predicted octanol–water partition coefficient (Wildman–Crippen LogP) is 2.35. The molecule has 0 rings (SSSR count). The van der Waals surface area contributed by atoms with Crippen molar-refractivity contribution in [3.8, 4) is 0 Å². The Morgan fingerprint density at radius 1 is 1.33 bits per heavy atom. The lowest BCUT2D eigenvalue weighted by Gasteiger charge is -2.24. The number of carbonyl (C=O) groups excluding carboxylic acids is 1. The molecule has 0 fully saturated rings. The quantitative estimate of drug-likeness (QED) is 0.662. The van der Waals surface area contributed by atoms with Crippen molar-refractivity contribution in [2.45, 2.75) is 59.0 Å². The Labute approximate surface area is 93.6 Å². The first-order chi connectivity index (χ1) is 7.02. The van der Waals surface area contributed by atoms with Crippen molar-refractivity contribution in [2.24, 2.45) is 5.92 Å². The molecule has 0 saturated carbocycles. The van der Waals surface area contributed by atoms with E-state index in [0.717, 1.165) is 6.42 Å². The summed E-state index contributed by atoms with van der Waals surface area (Å²) < 4.78 is 4.78. The number of ether oxygens (including phenoxy) is 1. The van der Waals surface area contributed by atoms with Gasteiger partial charge in [0.05, 0.1) is 7.11 Å². The van der Waals surface area contributed by atoms with E-state index in [1.54, 1.807) is 0 Å². The van der Waals surface area contributed by atoms with E-state index >= 15 is 0 Å². The molecule has 0 heterocycles. The van der Waals surface area contributed by atoms with Crippen molar-refractivity contribution in [3.63, 3.8) is 0 Å². The lowest BCUT2D eigenvalue weighted by Crippen LogP contribution is -2.46. The Bertz CT molecular complexity index is 180. The largest absolute Gasteiger partial charge is 0.468 e. The summed E-state index contributed by atoms with van der Waals surface area (Å²) in [7, 11) is 1.44. The molecule has 0 aromatic carbocycles. The standard InChI is InChI=1S/C12H25NO2/c1-6-7-8-10(4)13-11(9(2)3)12(14)15-5/h9-11,13H,6-8H2,1-5H3/t10?,11-/m0/s1. The molecule has 3 nitrogen and oxygen atoms in total. The van der Waals surface area contributed by atoms with Gasteiger partial charge in [-0.25, -0.2) is 0 Å². The zero-order valence-electron chi connectivity index (χ0n) is 10.7. The van der Waals surface area contributed by atoms with E-state index < -0.39 is 0 Å². The van der Waals surface area contributed by atoms with Crippen LogP contribution in [0.2, 0.25) is 0 Å². The minimum atomic E-state index is -0.179. The molecule has 0 aromatic rings. The van der Waals surface area contributed by atoms with Crippen molar-refractivity contribution < 1.29 is 9.53 Å². The van der Waals surface area contributed by atoms with Gasteiger partial charge in [-0.15, -0.1) is 0 Å². The molecule has 0 bridgehead atoms. The first-order valence-electron chi connectivity index (χ1n) is 5.86. The van der Waals surface area contributed by atoms with Gasteiger partial charge in [0.1, 0.15) is 6.04 Å². The number of hydrogen-bond donors (Lipinski definition) is 1. The fourth-order valence-corrected chi connectivity index (χ4v) is 1.56. The van der Waals surface area contributed by atoms with Gasteiger partial charge >= 0.3 is 5.97 Å². The summed E-state index contributed by atoms with van der Waals surface area (Å²) in [6.07, 6.45) is 3.49. The average Bonchev–Trinajstić information content (AvgIpc) is 2.21. The van der Waals surface area contributed by atoms with Crippen LogP contribution in [0, 0.1) is 5.92 Å². The fourth-order valence-electron chi connectivity index (χ4n) is 1.56. The van der Waals surface area contributed by atoms with Crippen LogP contribution in [-0.2, 0) is 9.53 Å². The Morgan fingerprint density at radius 2 is 1.93 bits per heavy atom. The summed E-state index contributed by atoms with van der Waals surface area (Å²) in [5.74, 6) is 0.106. The number of unbranched alkanes of at least 4 members (excludes halogenated alkanes) is 1. The van der Waals surface area contributed by atoms with Crippen LogP contribution in [0.4, 0.5) is 0 Å². The van der Waals surface area contributed by atoms with Crippen LogP contribution >= 0.6 is 0 Å². The summed E-state index contributed by atoms with van der Waals surface area (Å²) in [5, 5.41) is 3.33.